The summed E-state index contributed by atoms with van der Waals surface area (Å²) in [4.78, 5) is 17.2. The number of aromatic nitrogens is 2. The summed E-state index contributed by atoms with van der Waals surface area (Å²) in [5.41, 5.74) is 2.81. The van der Waals surface area contributed by atoms with Crippen LogP contribution in [0.3, 0.4) is 0 Å². The number of anilines is 1. The van der Waals surface area contributed by atoms with E-state index in [-0.39, 0.29) is 12.3 Å². The normalized spacial score (nSPS) is 10.9. The van der Waals surface area contributed by atoms with Gasteiger partial charge in [-0.15, -0.1) is 0 Å². The van der Waals surface area contributed by atoms with Gasteiger partial charge in [0, 0.05) is 19.8 Å². The molecule has 0 spiro atoms. The van der Waals surface area contributed by atoms with E-state index in [1.165, 1.54) is 0 Å². The second kappa shape index (κ2) is 9.90. The minimum absolute atomic E-state index is 0.0921. The van der Waals surface area contributed by atoms with Crippen LogP contribution in [0.15, 0.2) is 48.5 Å². The van der Waals surface area contributed by atoms with Crippen LogP contribution in [-0.2, 0) is 22.5 Å². The summed E-state index contributed by atoms with van der Waals surface area (Å²) in [6.07, 6.45) is 1.14. The summed E-state index contributed by atoms with van der Waals surface area (Å²) in [6.45, 7) is 6.68. The summed E-state index contributed by atoms with van der Waals surface area (Å²) in [6, 6.07) is 15.5. The highest BCUT2D eigenvalue weighted by molar-refractivity contribution is 5.92. The number of nitrogens with one attached hydrogen (secondary N) is 1. The molecule has 0 fully saturated rings. The Hall–Kier alpha value is -2.86. The Morgan fingerprint density at radius 1 is 1.07 bits per heavy atom. The van der Waals surface area contributed by atoms with Gasteiger partial charge in [0.05, 0.1) is 24.1 Å². The van der Waals surface area contributed by atoms with Crippen molar-refractivity contribution in [3.8, 4) is 5.75 Å². The number of hydrogen-bond donors (Lipinski definition) is 1. The van der Waals surface area contributed by atoms with Crippen molar-refractivity contribution in [2.45, 2.75) is 33.2 Å². The van der Waals surface area contributed by atoms with E-state index in [0.717, 1.165) is 35.3 Å². The van der Waals surface area contributed by atoms with Gasteiger partial charge in [-0.2, -0.15) is 0 Å². The predicted octanol–water partition coefficient (Wildman–Crippen LogP) is 4.04. The second-order valence-electron chi connectivity index (χ2n) is 6.43. The van der Waals surface area contributed by atoms with Gasteiger partial charge in [-0.05, 0) is 50.1 Å². The standard InChI is InChI=1S/C22H27N3O3/c1-3-27-15-7-14-25-20-9-6-5-8-19(20)23-22(25)24-21(26)16-17-10-12-18(13-11-17)28-4-2/h5-6,8-13H,3-4,7,14-16H2,1-2H3,(H,23,24,26). The van der Waals surface area contributed by atoms with Crippen LogP contribution < -0.4 is 10.1 Å². The van der Waals surface area contributed by atoms with Crippen LogP contribution in [0, 0.1) is 0 Å². The first-order valence-corrected chi connectivity index (χ1v) is 9.75. The fourth-order valence-corrected chi connectivity index (χ4v) is 3.09. The highest BCUT2D eigenvalue weighted by Crippen LogP contribution is 2.20. The smallest absolute Gasteiger partial charge is 0.231 e. The van der Waals surface area contributed by atoms with Gasteiger partial charge in [0.2, 0.25) is 11.9 Å². The van der Waals surface area contributed by atoms with Crippen molar-refractivity contribution in [1.82, 2.24) is 9.55 Å². The molecule has 0 aliphatic carbocycles. The van der Waals surface area contributed by atoms with Crippen LogP contribution in [0.25, 0.3) is 11.0 Å². The van der Waals surface area contributed by atoms with Crippen molar-refractivity contribution < 1.29 is 14.3 Å². The molecule has 0 bridgehead atoms. The molecule has 6 heteroatoms. The Kier molecular flexibility index (Phi) is 7.03. The van der Waals surface area contributed by atoms with Crippen molar-refractivity contribution in [3.05, 3.63) is 54.1 Å². The first-order valence-electron chi connectivity index (χ1n) is 9.75. The van der Waals surface area contributed by atoms with Crippen LogP contribution in [0.2, 0.25) is 0 Å². The number of hydrogen-bond acceptors (Lipinski definition) is 4. The third-order valence-electron chi connectivity index (χ3n) is 4.38. The van der Waals surface area contributed by atoms with Crippen molar-refractivity contribution in [2.75, 3.05) is 25.1 Å². The van der Waals surface area contributed by atoms with Crippen molar-refractivity contribution in [3.63, 3.8) is 0 Å². The minimum Gasteiger partial charge on any atom is -0.494 e. The van der Waals surface area contributed by atoms with E-state index in [9.17, 15) is 4.79 Å². The van der Waals surface area contributed by atoms with Crippen molar-refractivity contribution in [1.29, 1.82) is 0 Å². The second-order valence-corrected chi connectivity index (χ2v) is 6.43. The van der Waals surface area contributed by atoms with Crippen LogP contribution in [0.5, 0.6) is 5.75 Å². The molecule has 0 saturated heterocycles. The zero-order valence-corrected chi connectivity index (χ0v) is 16.5. The average molecular weight is 381 g/mol. The van der Waals surface area contributed by atoms with Gasteiger partial charge in [-0.25, -0.2) is 4.98 Å². The molecular formula is C22H27N3O3. The summed E-state index contributed by atoms with van der Waals surface area (Å²) < 4.78 is 12.9. The Morgan fingerprint density at radius 2 is 1.86 bits per heavy atom. The van der Waals surface area contributed by atoms with E-state index < -0.39 is 0 Å². The largest absolute Gasteiger partial charge is 0.494 e. The minimum atomic E-state index is -0.0921. The molecule has 0 aliphatic rings. The molecule has 3 aromatic rings. The first-order chi connectivity index (χ1) is 13.7. The third-order valence-corrected chi connectivity index (χ3v) is 4.38. The Bertz CT molecular complexity index is 903. The van der Waals surface area contributed by atoms with Crippen molar-refractivity contribution in [2.24, 2.45) is 0 Å². The summed E-state index contributed by atoms with van der Waals surface area (Å²) in [7, 11) is 0. The van der Waals surface area contributed by atoms with Crippen LogP contribution in [-0.4, -0.2) is 35.3 Å². The van der Waals surface area contributed by atoms with E-state index in [1.807, 2.05) is 66.9 Å². The van der Waals surface area contributed by atoms with Crippen LogP contribution in [0.1, 0.15) is 25.8 Å². The predicted molar refractivity (Wildman–Crippen MR) is 111 cm³/mol. The molecular weight excluding hydrogens is 354 g/mol. The van der Waals surface area contributed by atoms with Gasteiger partial charge in [-0.1, -0.05) is 24.3 Å². The highest BCUT2D eigenvalue weighted by atomic mass is 16.5. The number of amides is 1. The quantitative estimate of drug-likeness (QED) is 0.538. The molecule has 0 aliphatic heterocycles. The van der Waals surface area contributed by atoms with Gasteiger partial charge in [-0.3, -0.25) is 10.1 Å². The lowest BCUT2D eigenvalue weighted by Gasteiger charge is -2.10. The van der Waals surface area contributed by atoms with Gasteiger partial charge in [0.1, 0.15) is 5.75 Å². The molecule has 0 saturated carbocycles. The van der Waals surface area contributed by atoms with Crippen molar-refractivity contribution >= 4 is 22.9 Å². The number of aryl methyl sites for hydroxylation is 1. The summed E-state index contributed by atoms with van der Waals surface area (Å²) >= 11 is 0. The fraction of sp³-hybridized carbons (Fsp3) is 0.364. The first kappa shape index (κ1) is 19.9. The Balaban J connectivity index is 1.70. The lowest BCUT2D eigenvalue weighted by atomic mass is 10.1. The van der Waals surface area contributed by atoms with Crippen LogP contribution >= 0.6 is 0 Å². The molecule has 28 heavy (non-hydrogen) atoms. The maximum atomic E-state index is 12.6. The molecule has 0 atom stereocenters. The van der Waals surface area contributed by atoms with Gasteiger partial charge in [0.25, 0.3) is 0 Å². The Morgan fingerprint density at radius 3 is 2.61 bits per heavy atom. The zero-order chi connectivity index (χ0) is 19.8. The van der Waals surface area contributed by atoms with E-state index >= 15 is 0 Å². The Labute approximate surface area is 165 Å². The van der Waals surface area contributed by atoms with E-state index in [4.69, 9.17) is 9.47 Å². The number of benzene rings is 2. The maximum absolute atomic E-state index is 12.6. The molecule has 3 rings (SSSR count). The molecule has 0 unspecified atom stereocenters. The number of rotatable bonds is 10. The number of ether oxygens (including phenoxy) is 2. The number of carbonyl (C=O) groups excluding carboxylic acids is 1. The zero-order valence-electron chi connectivity index (χ0n) is 16.5. The molecule has 1 heterocycles. The highest BCUT2D eigenvalue weighted by Gasteiger charge is 2.13. The van der Waals surface area contributed by atoms with Crippen LogP contribution in [0.4, 0.5) is 5.95 Å². The molecule has 6 nitrogen and oxygen atoms in total. The molecule has 2 aromatic carbocycles. The fourth-order valence-electron chi connectivity index (χ4n) is 3.09. The molecule has 148 valence electrons. The third kappa shape index (κ3) is 5.10. The molecule has 1 aromatic heterocycles. The lowest BCUT2D eigenvalue weighted by molar-refractivity contribution is -0.115. The summed E-state index contributed by atoms with van der Waals surface area (Å²) in [5, 5.41) is 2.97. The molecule has 1 amide bonds. The van der Waals surface area contributed by atoms with E-state index in [0.29, 0.717) is 25.8 Å². The topological polar surface area (TPSA) is 65.4 Å². The summed E-state index contributed by atoms with van der Waals surface area (Å²) in [5.74, 6) is 1.29. The number of imidazole rings is 1. The monoisotopic (exact) mass is 381 g/mol. The average Bonchev–Trinajstić information content (AvgIpc) is 3.04. The number of nitrogens with zero attached hydrogens (tertiary/aromatic N) is 2. The number of carbonyl (C=O) groups is 1. The van der Waals surface area contributed by atoms with E-state index in [2.05, 4.69) is 10.3 Å². The number of fused-ring (bicyclic) bond motifs is 1. The van der Waals surface area contributed by atoms with Gasteiger partial charge < -0.3 is 14.0 Å². The van der Waals surface area contributed by atoms with E-state index in [1.54, 1.807) is 0 Å². The van der Waals surface area contributed by atoms with Gasteiger partial charge in [0.15, 0.2) is 0 Å². The maximum Gasteiger partial charge on any atom is 0.231 e. The van der Waals surface area contributed by atoms with Gasteiger partial charge >= 0.3 is 0 Å². The lowest BCUT2D eigenvalue weighted by Crippen LogP contribution is -2.18. The number of para-hydroxylation sites is 2. The molecule has 0 radical (unpaired) electrons. The molecule has 1 N–H and O–H groups in total. The SMILES string of the molecule is CCOCCCn1c(NC(=O)Cc2ccc(OCC)cc2)nc2ccccc21.